The maximum atomic E-state index is 11.3. The average Bonchev–Trinajstić information content (AvgIpc) is 2.21. The number of ether oxygens (including phenoxy) is 2. The van der Waals surface area contributed by atoms with Crippen molar-refractivity contribution in [1.82, 2.24) is 0 Å². The molecule has 0 rings (SSSR count). The average molecular weight is 314 g/mol. The Morgan fingerprint density at radius 1 is 1.37 bits per heavy atom. The van der Waals surface area contributed by atoms with E-state index >= 15 is 0 Å². The minimum absolute atomic E-state index is 0. The van der Waals surface area contributed by atoms with E-state index in [0.717, 1.165) is 0 Å². The molecule has 0 saturated carbocycles. The minimum Gasteiger partial charge on any atom is -1.00 e. The molecule has 0 aromatic carbocycles. The molecule has 1 unspecified atom stereocenters. The Bertz CT molecular complexity index is 403. The normalized spacial score (nSPS) is 11.3. The second-order valence-corrected chi connectivity index (χ2v) is 4.53. The molecule has 0 fully saturated rings. The van der Waals surface area contributed by atoms with Gasteiger partial charge in [-0.2, -0.15) is 8.42 Å². The van der Waals surface area contributed by atoms with Crippen molar-refractivity contribution in [3.05, 3.63) is 12.7 Å². The van der Waals surface area contributed by atoms with Crippen LogP contribution >= 0.6 is 0 Å². The van der Waals surface area contributed by atoms with E-state index in [-0.39, 0.29) is 75.2 Å². The van der Waals surface area contributed by atoms with E-state index in [0.29, 0.717) is 0 Å². The van der Waals surface area contributed by atoms with Gasteiger partial charge in [0.15, 0.2) is 5.25 Å². The number of carbonyl (C=O) groups excluding carboxylic acids is 2. The summed E-state index contributed by atoms with van der Waals surface area (Å²) in [5.74, 6) is -2.13. The third-order valence-electron chi connectivity index (χ3n) is 1.62. The monoisotopic (exact) mass is 314 g/mol. The number of hydrogen-bond acceptors (Lipinski definition) is 6. The zero-order valence-electron chi connectivity index (χ0n) is 13.3. The molecule has 102 valence electrons. The van der Waals surface area contributed by atoms with Crippen molar-refractivity contribution in [2.45, 2.75) is 18.6 Å². The van der Waals surface area contributed by atoms with E-state index in [4.69, 9.17) is 4.55 Å². The van der Waals surface area contributed by atoms with Crippen LogP contribution in [0, 0.1) is 0 Å². The first-order valence-electron chi connectivity index (χ1n) is 4.72. The van der Waals surface area contributed by atoms with Gasteiger partial charge in [-0.05, 0) is 6.92 Å². The number of hydrogen-bond donors (Lipinski definition) is 1. The van der Waals surface area contributed by atoms with Gasteiger partial charge in [-0.15, -0.1) is 0 Å². The SMILES string of the molecule is C=CCOC(=O)C(CC(=O)OCC)S(=O)(=O)O.[H-].[H-].[Na+].[Na+]. The van der Waals surface area contributed by atoms with E-state index in [9.17, 15) is 18.0 Å². The molecule has 0 aliphatic heterocycles. The standard InChI is InChI=1S/C9H14O7S.2Na.2H/c1-3-5-16-9(11)7(17(12,13)14)6-8(10)15-4-2;;;;/h3,7H,1,4-6H2,2H3,(H,12,13,14);;;;/q;2*+1;2*-1. The molecule has 0 aromatic heterocycles. The number of rotatable bonds is 7. The molecule has 0 amide bonds. The van der Waals surface area contributed by atoms with E-state index in [1.54, 1.807) is 0 Å². The predicted octanol–water partition coefficient (Wildman–Crippen LogP) is -5.84. The summed E-state index contributed by atoms with van der Waals surface area (Å²) in [6.45, 7) is 4.61. The Labute approximate surface area is 159 Å². The summed E-state index contributed by atoms with van der Waals surface area (Å²) in [5.41, 5.74) is 0. The first-order valence-corrected chi connectivity index (χ1v) is 6.22. The van der Waals surface area contributed by atoms with E-state index in [1.165, 1.54) is 13.0 Å². The summed E-state index contributed by atoms with van der Waals surface area (Å²) in [6.07, 6.45) is 0.436. The van der Waals surface area contributed by atoms with Crippen LogP contribution in [0.25, 0.3) is 0 Å². The zero-order valence-corrected chi connectivity index (χ0v) is 16.1. The zero-order chi connectivity index (χ0) is 13.5. The van der Waals surface area contributed by atoms with Gasteiger partial charge in [-0.3, -0.25) is 14.1 Å². The Morgan fingerprint density at radius 2 is 1.89 bits per heavy atom. The van der Waals surface area contributed by atoms with Gasteiger partial charge in [0.25, 0.3) is 10.1 Å². The second-order valence-electron chi connectivity index (χ2n) is 2.93. The van der Waals surface area contributed by atoms with Crippen LogP contribution in [0.4, 0.5) is 0 Å². The minimum atomic E-state index is -4.72. The largest absolute Gasteiger partial charge is 1.00 e. The van der Waals surface area contributed by atoms with E-state index in [2.05, 4.69) is 16.1 Å². The van der Waals surface area contributed by atoms with Gasteiger partial charge in [-0.25, -0.2) is 0 Å². The Hall–Kier alpha value is 0.590. The fraction of sp³-hybridized carbons (Fsp3) is 0.556. The summed E-state index contributed by atoms with van der Waals surface area (Å²) in [4.78, 5) is 22.3. The van der Waals surface area contributed by atoms with Crippen molar-refractivity contribution in [1.29, 1.82) is 0 Å². The Morgan fingerprint density at radius 3 is 2.26 bits per heavy atom. The molecule has 0 aliphatic rings. The van der Waals surface area contributed by atoms with Crippen LogP contribution in [0.2, 0.25) is 0 Å². The van der Waals surface area contributed by atoms with Crippen molar-refractivity contribution in [2.75, 3.05) is 13.2 Å². The topological polar surface area (TPSA) is 107 Å². The molecule has 19 heavy (non-hydrogen) atoms. The van der Waals surface area contributed by atoms with E-state index < -0.39 is 33.7 Å². The smallest absolute Gasteiger partial charge is 1.00 e. The van der Waals surface area contributed by atoms with Crippen LogP contribution in [-0.2, 0) is 29.2 Å². The molecule has 1 atom stereocenters. The third kappa shape index (κ3) is 11.0. The Kier molecular flexibility index (Phi) is 16.0. The maximum Gasteiger partial charge on any atom is 1.00 e. The van der Waals surface area contributed by atoms with Crippen molar-refractivity contribution in [3.8, 4) is 0 Å². The van der Waals surface area contributed by atoms with Gasteiger partial charge in [0, 0.05) is 0 Å². The van der Waals surface area contributed by atoms with Crippen LogP contribution in [0.5, 0.6) is 0 Å². The van der Waals surface area contributed by atoms with Gasteiger partial charge in [0.05, 0.1) is 13.0 Å². The summed E-state index contributed by atoms with van der Waals surface area (Å²) < 4.78 is 39.5. The quantitative estimate of drug-likeness (QED) is 0.216. The molecule has 1 N–H and O–H groups in total. The molecular formula is C9H16Na2O7S. The molecule has 0 spiro atoms. The van der Waals surface area contributed by atoms with Gasteiger partial charge in [-0.1, -0.05) is 12.7 Å². The van der Waals surface area contributed by atoms with Crippen LogP contribution in [0.1, 0.15) is 16.2 Å². The van der Waals surface area contributed by atoms with Crippen LogP contribution < -0.4 is 59.1 Å². The fourth-order valence-electron chi connectivity index (χ4n) is 0.916. The predicted molar refractivity (Wildman–Crippen MR) is 60.0 cm³/mol. The maximum absolute atomic E-state index is 11.3. The van der Waals surface area contributed by atoms with Gasteiger partial charge in [0.2, 0.25) is 0 Å². The fourth-order valence-corrected chi connectivity index (χ4v) is 1.57. The van der Waals surface area contributed by atoms with Gasteiger partial charge < -0.3 is 12.3 Å². The van der Waals surface area contributed by atoms with Crippen molar-refractivity contribution in [3.63, 3.8) is 0 Å². The molecule has 0 aromatic rings. The van der Waals surface area contributed by atoms with Crippen molar-refractivity contribution < 1.29 is 94.0 Å². The second kappa shape index (κ2) is 12.3. The Balaban J connectivity index is -0.000000213. The number of carbonyl (C=O) groups is 2. The molecule has 0 bridgehead atoms. The first kappa shape index (κ1) is 24.6. The van der Waals surface area contributed by atoms with Gasteiger partial charge in [0.1, 0.15) is 6.61 Å². The molecular weight excluding hydrogens is 298 g/mol. The van der Waals surface area contributed by atoms with Crippen LogP contribution in [0.15, 0.2) is 12.7 Å². The summed E-state index contributed by atoms with van der Waals surface area (Å²) >= 11 is 0. The van der Waals surface area contributed by atoms with Crippen molar-refractivity contribution in [2.24, 2.45) is 0 Å². The molecule has 0 aliphatic carbocycles. The first-order chi connectivity index (χ1) is 7.82. The van der Waals surface area contributed by atoms with Crippen LogP contribution in [-0.4, -0.2) is 43.4 Å². The van der Waals surface area contributed by atoms with Crippen molar-refractivity contribution >= 4 is 22.1 Å². The molecule has 0 saturated heterocycles. The molecule has 10 heteroatoms. The summed E-state index contributed by atoms with van der Waals surface area (Å²) in [5, 5.41) is -1.97. The molecule has 0 heterocycles. The molecule has 7 nitrogen and oxygen atoms in total. The third-order valence-corrected chi connectivity index (χ3v) is 2.70. The van der Waals surface area contributed by atoms with Crippen LogP contribution in [0.3, 0.4) is 0 Å². The number of esters is 2. The van der Waals surface area contributed by atoms with E-state index in [1.807, 2.05) is 0 Å². The summed E-state index contributed by atoms with van der Waals surface area (Å²) in [7, 11) is -4.72. The molecule has 0 radical (unpaired) electrons. The summed E-state index contributed by atoms with van der Waals surface area (Å²) in [6, 6.07) is 0. The van der Waals surface area contributed by atoms with Gasteiger partial charge >= 0.3 is 71.1 Å².